The Kier molecular flexibility index (Phi) is 6.22. The average molecular weight is 441 g/mol. The molecule has 0 spiro atoms. The number of hydrogen-bond acceptors (Lipinski definition) is 6. The Labute approximate surface area is 183 Å². The van der Waals surface area contributed by atoms with Crippen LogP contribution in [0, 0.1) is 5.92 Å². The standard InChI is InChI=1S/C23H24N2O3S2/c1-4-10-25-22(27)20-16-11-18(14(2)3)28-12-19(16)30-21(20)24-23(25)29-13-17(26)15-8-6-5-7-9-15/h4-9,14,18H,1,10-13H2,2-3H3. The van der Waals surface area contributed by atoms with E-state index in [1.165, 1.54) is 23.1 Å². The van der Waals surface area contributed by atoms with E-state index >= 15 is 0 Å². The van der Waals surface area contributed by atoms with Crippen LogP contribution in [0.5, 0.6) is 0 Å². The summed E-state index contributed by atoms with van der Waals surface area (Å²) in [6.07, 6.45) is 2.54. The molecule has 0 saturated heterocycles. The van der Waals surface area contributed by atoms with Gasteiger partial charge in [0.2, 0.25) is 0 Å². The predicted octanol–water partition coefficient (Wildman–Crippen LogP) is 4.72. The van der Waals surface area contributed by atoms with Gasteiger partial charge in [-0.3, -0.25) is 14.2 Å². The van der Waals surface area contributed by atoms with Crippen molar-refractivity contribution in [2.75, 3.05) is 5.75 Å². The molecule has 0 fully saturated rings. The Morgan fingerprint density at radius 3 is 2.87 bits per heavy atom. The van der Waals surface area contributed by atoms with Gasteiger partial charge in [-0.25, -0.2) is 4.98 Å². The molecule has 3 heterocycles. The molecule has 1 aliphatic rings. The summed E-state index contributed by atoms with van der Waals surface area (Å²) < 4.78 is 7.61. The maximum Gasteiger partial charge on any atom is 0.263 e. The van der Waals surface area contributed by atoms with Gasteiger partial charge in [-0.05, 0) is 11.5 Å². The molecule has 156 valence electrons. The number of Topliss-reactive ketones (excluding diaryl/α,β-unsaturated/α-hetero) is 1. The van der Waals surface area contributed by atoms with Crippen molar-refractivity contribution < 1.29 is 9.53 Å². The Morgan fingerprint density at radius 1 is 1.40 bits per heavy atom. The fraction of sp³-hybridized carbons (Fsp3) is 0.348. The summed E-state index contributed by atoms with van der Waals surface area (Å²) in [6, 6.07) is 9.17. The number of ether oxygens (including phenoxy) is 1. The van der Waals surface area contributed by atoms with E-state index in [0.29, 0.717) is 35.2 Å². The van der Waals surface area contributed by atoms with Crippen molar-refractivity contribution in [3.05, 3.63) is 69.3 Å². The number of rotatable bonds is 7. The maximum atomic E-state index is 13.4. The van der Waals surface area contributed by atoms with Gasteiger partial charge in [0.05, 0.1) is 23.8 Å². The van der Waals surface area contributed by atoms with Crippen LogP contribution in [0.2, 0.25) is 0 Å². The van der Waals surface area contributed by atoms with Gasteiger partial charge in [0, 0.05) is 23.4 Å². The third-order valence-corrected chi connectivity index (χ3v) is 7.35. The molecule has 1 unspecified atom stereocenters. The lowest BCUT2D eigenvalue weighted by Gasteiger charge is -2.26. The molecule has 7 heteroatoms. The van der Waals surface area contributed by atoms with Gasteiger partial charge in [0.1, 0.15) is 4.83 Å². The molecule has 30 heavy (non-hydrogen) atoms. The number of carbonyl (C=O) groups is 1. The lowest BCUT2D eigenvalue weighted by molar-refractivity contribution is 0.00200. The van der Waals surface area contributed by atoms with Crippen molar-refractivity contribution >= 4 is 39.1 Å². The summed E-state index contributed by atoms with van der Waals surface area (Å²) in [5, 5.41) is 1.25. The summed E-state index contributed by atoms with van der Waals surface area (Å²) in [5.74, 6) is 0.622. The van der Waals surface area contributed by atoms with Crippen LogP contribution in [0.15, 0.2) is 52.9 Å². The molecule has 5 nitrogen and oxygen atoms in total. The van der Waals surface area contributed by atoms with Crippen LogP contribution >= 0.6 is 23.1 Å². The summed E-state index contributed by atoms with van der Waals surface area (Å²) in [5.41, 5.74) is 1.68. The monoisotopic (exact) mass is 440 g/mol. The van der Waals surface area contributed by atoms with Crippen molar-refractivity contribution in [1.82, 2.24) is 9.55 Å². The largest absolute Gasteiger partial charge is 0.372 e. The second-order valence-electron chi connectivity index (χ2n) is 7.66. The van der Waals surface area contributed by atoms with Gasteiger partial charge in [0.15, 0.2) is 10.9 Å². The molecule has 3 aromatic rings. The number of allylic oxidation sites excluding steroid dienone is 1. The van der Waals surface area contributed by atoms with Gasteiger partial charge in [-0.1, -0.05) is 62.0 Å². The Bertz CT molecular complexity index is 1150. The van der Waals surface area contributed by atoms with Crippen LogP contribution in [0.3, 0.4) is 0 Å². The SMILES string of the molecule is C=CCn1c(SCC(=O)c2ccccc2)nc2sc3c(c2c1=O)CC(C(C)C)OC3. The third kappa shape index (κ3) is 4.02. The van der Waals surface area contributed by atoms with Crippen LogP contribution in [-0.4, -0.2) is 27.2 Å². The maximum absolute atomic E-state index is 13.4. The van der Waals surface area contributed by atoms with Crippen LogP contribution in [0.1, 0.15) is 34.6 Å². The topological polar surface area (TPSA) is 61.2 Å². The van der Waals surface area contributed by atoms with Gasteiger partial charge >= 0.3 is 0 Å². The van der Waals surface area contributed by atoms with Gasteiger partial charge in [0.25, 0.3) is 5.56 Å². The molecule has 0 aliphatic carbocycles. The van der Waals surface area contributed by atoms with E-state index in [-0.39, 0.29) is 23.2 Å². The van der Waals surface area contributed by atoms with Crippen LogP contribution in [0.4, 0.5) is 0 Å². The summed E-state index contributed by atoms with van der Waals surface area (Å²) in [6.45, 7) is 8.94. The van der Waals surface area contributed by atoms with E-state index in [2.05, 4.69) is 20.4 Å². The lowest BCUT2D eigenvalue weighted by atomic mass is 9.96. The number of thioether (sulfide) groups is 1. The van der Waals surface area contributed by atoms with E-state index in [4.69, 9.17) is 9.72 Å². The highest BCUT2D eigenvalue weighted by Crippen LogP contribution is 2.35. The molecule has 0 saturated carbocycles. The molecular formula is C23H24N2O3S2. The van der Waals surface area contributed by atoms with Crippen LogP contribution in [0.25, 0.3) is 10.2 Å². The highest BCUT2D eigenvalue weighted by atomic mass is 32.2. The normalized spacial score (nSPS) is 16.0. The van der Waals surface area contributed by atoms with E-state index < -0.39 is 0 Å². The van der Waals surface area contributed by atoms with Crippen LogP contribution < -0.4 is 5.56 Å². The first-order chi connectivity index (χ1) is 14.5. The van der Waals surface area contributed by atoms with Crippen molar-refractivity contribution in [2.24, 2.45) is 5.92 Å². The minimum atomic E-state index is -0.0588. The van der Waals surface area contributed by atoms with Crippen molar-refractivity contribution in [3.63, 3.8) is 0 Å². The molecule has 4 rings (SSSR count). The summed E-state index contributed by atoms with van der Waals surface area (Å²) in [4.78, 5) is 32.5. The Hall–Kier alpha value is -2.22. The highest BCUT2D eigenvalue weighted by Gasteiger charge is 2.28. The van der Waals surface area contributed by atoms with Crippen molar-refractivity contribution in [2.45, 2.75) is 44.7 Å². The molecule has 0 N–H and O–H groups in total. The van der Waals surface area contributed by atoms with E-state index in [1.807, 2.05) is 18.2 Å². The number of nitrogens with zero attached hydrogens (tertiary/aromatic N) is 2. The second-order valence-corrected chi connectivity index (χ2v) is 9.68. The molecule has 1 aliphatic heterocycles. The van der Waals surface area contributed by atoms with Gasteiger partial charge in [-0.15, -0.1) is 17.9 Å². The van der Waals surface area contributed by atoms with E-state index in [9.17, 15) is 9.59 Å². The Balaban J connectivity index is 1.70. The first-order valence-corrected chi connectivity index (χ1v) is 11.8. The first-order valence-electron chi connectivity index (χ1n) is 9.98. The Morgan fingerprint density at radius 2 is 2.17 bits per heavy atom. The molecule has 1 atom stereocenters. The third-order valence-electron chi connectivity index (χ3n) is 5.28. The number of thiophene rings is 1. The molecule has 0 radical (unpaired) electrons. The minimum Gasteiger partial charge on any atom is -0.372 e. The zero-order chi connectivity index (χ0) is 21.3. The van der Waals surface area contributed by atoms with E-state index in [1.54, 1.807) is 22.8 Å². The quantitative estimate of drug-likeness (QED) is 0.230. The van der Waals surface area contributed by atoms with Crippen LogP contribution in [-0.2, 0) is 24.3 Å². The van der Waals surface area contributed by atoms with Crippen molar-refractivity contribution in [1.29, 1.82) is 0 Å². The summed E-state index contributed by atoms with van der Waals surface area (Å²) >= 11 is 2.83. The molecular weight excluding hydrogens is 416 g/mol. The fourth-order valence-corrected chi connectivity index (χ4v) is 5.67. The molecule has 1 aromatic carbocycles. The van der Waals surface area contributed by atoms with Crippen molar-refractivity contribution in [3.8, 4) is 0 Å². The van der Waals surface area contributed by atoms with Gasteiger partial charge in [-0.2, -0.15) is 0 Å². The second kappa shape index (κ2) is 8.88. The number of hydrogen-bond donors (Lipinski definition) is 0. The number of fused-ring (bicyclic) bond motifs is 3. The first kappa shape index (κ1) is 21.0. The number of ketones is 1. The fourth-order valence-electron chi connectivity index (χ4n) is 3.61. The summed E-state index contributed by atoms with van der Waals surface area (Å²) in [7, 11) is 0. The number of carbonyl (C=O) groups excluding carboxylic acids is 1. The molecule has 0 bridgehead atoms. The predicted molar refractivity (Wildman–Crippen MR) is 123 cm³/mol. The smallest absolute Gasteiger partial charge is 0.263 e. The molecule has 2 aromatic heterocycles. The zero-order valence-electron chi connectivity index (χ0n) is 17.1. The van der Waals surface area contributed by atoms with Gasteiger partial charge < -0.3 is 4.74 Å². The van der Waals surface area contributed by atoms with E-state index in [0.717, 1.165) is 21.7 Å². The number of benzene rings is 1. The zero-order valence-corrected chi connectivity index (χ0v) is 18.7. The molecule has 0 amide bonds. The lowest BCUT2D eigenvalue weighted by Crippen LogP contribution is -2.28. The number of aromatic nitrogens is 2. The average Bonchev–Trinajstić information content (AvgIpc) is 3.12. The minimum absolute atomic E-state index is 0.0127. The highest BCUT2D eigenvalue weighted by molar-refractivity contribution is 7.99.